The van der Waals surface area contributed by atoms with Crippen LogP contribution < -0.4 is 5.32 Å². The van der Waals surface area contributed by atoms with Gasteiger partial charge in [0.15, 0.2) is 0 Å². The van der Waals surface area contributed by atoms with Crippen molar-refractivity contribution in [2.75, 3.05) is 11.1 Å². The number of nitriles is 1. The zero-order valence-corrected chi connectivity index (χ0v) is 16.6. The van der Waals surface area contributed by atoms with E-state index in [1.165, 1.54) is 17.3 Å². The van der Waals surface area contributed by atoms with Crippen LogP contribution >= 0.6 is 35.0 Å². The number of nitrogens with one attached hydrogen (secondary N) is 1. The summed E-state index contributed by atoms with van der Waals surface area (Å²) in [6, 6.07) is 7.22. The Kier molecular flexibility index (Phi) is 6.08. The Labute approximate surface area is 166 Å². The average Bonchev–Trinajstić information content (AvgIpc) is 2.63. The van der Waals surface area contributed by atoms with E-state index < -0.39 is 0 Å². The number of aryl methyl sites for hydroxylation is 1. The minimum Gasteiger partial charge on any atom is -0.325 e. The van der Waals surface area contributed by atoms with Gasteiger partial charge in [0.25, 0.3) is 0 Å². The molecule has 0 aliphatic heterocycles. The third kappa shape index (κ3) is 4.15. The van der Waals surface area contributed by atoms with Crippen LogP contribution in [0.5, 0.6) is 0 Å². The Bertz CT molecular complexity index is 909. The summed E-state index contributed by atoms with van der Waals surface area (Å²) in [6.45, 7) is 1.98. The molecule has 26 heavy (non-hydrogen) atoms. The lowest BCUT2D eigenvalue weighted by Gasteiger charge is -2.20. The number of carbonyl (C=O) groups excluding carboxylic acids is 1. The fourth-order valence-electron chi connectivity index (χ4n) is 3.11. The highest BCUT2D eigenvalue weighted by Gasteiger charge is 2.21. The molecule has 3 rings (SSSR count). The molecule has 0 saturated carbocycles. The van der Waals surface area contributed by atoms with E-state index in [-0.39, 0.29) is 11.7 Å². The Morgan fingerprint density at radius 1 is 1.27 bits per heavy atom. The van der Waals surface area contributed by atoms with Crippen LogP contribution in [0.3, 0.4) is 0 Å². The van der Waals surface area contributed by atoms with Crippen LogP contribution in [0.1, 0.15) is 35.2 Å². The number of anilines is 1. The molecule has 0 unspecified atom stereocenters. The van der Waals surface area contributed by atoms with Gasteiger partial charge in [0.2, 0.25) is 5.91 Å². The number of rotatable bonds is 4. The molecular formula is C19H17Cl2N3OS. The van der Waals surface area contributed by atoms with Gasteiger partial charge >= 0.3 is 0 Å². The lowest BCUT2D eigenvalue weighted by molar-refractivity contribution is -0.113. The van der Waals surface area contributed by atoms with Crippen molar-refractivity contribution in [3.63, 3.8) is 0 Å². The first-order chi connectivity index (χ1) is 12.5. The Morgan fingerprint density at radius 2 is 2.00 bits per heavy atom. The predicted octanol–water partition coefficient (Wildman–Crippen LogP) is 5.18. The second-order valence-electron chi connectivity index (χ2n) is 6.12. The van der Waals surface area contributed by atoms with E-state index in [4.69, 9.17) is 23.2 Å². The van der Waals surface area contributed by atoms with E-state index in [0.29, 0.717) is 26.3 Å². The molecule has 134 valence electrons. The van der Waals surface area contributed by atoms with E-state index >= 15 is 0 Å². The number of aromatic nitrogens is 1. The van der Waals surface area contributed by atoms with Crippen molar-refractivity contribution in [1.82, 2.24) is 4.98 Å². The third-order valence-electron chi connectivity index (χ3n) is 4.34. The van der Waals surface area contributed by atoms with E-state index in [2.05, 4.69) is 16.4 Å². The summed E-state index contributed by atoms with van der Waals surface area (Å²) in [6.07, 6.45) is 4.11. The van der Waals surface area contributed by atoms with Crippen molar-refractivity contribution in [1.29, 1.82) is 5.26 Å². The van der Waals surface area contributed by atoms with Crippen molar-refractivity contribution in [2.24, 2.45) is 0 Å². The van der Waals surface area contributed by atoms with Crippen molar-refractivity contribution >= 4 is 46.6 Å². The van der Waals surface area contributed by atoms with E-state index in [1.807, 2.05) is 6.92 Å². The number of benzene rings is 1. The topological polar surface area (TPSA) is 65.8 Å². The number of fused-ring (bicyclic) bond motifs is 1. The lowest BCUT2D eigenvalue weighted by atomic mass is 9.88. The maximum atomic E-state index is 12.2. The van der Waals surface area contributed by atoms with Crippen molar-refractivity contribution < 1.29 is 4.79 Å². The molecule has 1 amide bonds. The Balaban J connectivity index is 1.73. The molecule has 7 heteroatoms. The minimum absolute atomic E-state index is 0.167. The first-order valence-corrected chi connectivity index (χ1v) is 10.0. The summed E-state index contributed by atoms with van der Waals surface area (Å²) in [5, 5.41) is 13.8. The number of hydrogen-bond donors (Lipinski definition) is 1. The molecule has 1 aliphatic carbocycles. The molecule has 1 heterocycles. The number of nitrogens with zero attached hydrogens (tertiary/aromatic N) is 2. The third-order valence-corrected chi connectivity index (χ3v) is 6.06. The standard InChI is InChI=1S/C19H17Cl2N3OS/c1-11-13-4-2-3-5-14(13)15(9-22)19(23-11)26-10-18(25)24-12-6-7-16(20)17(21)8-12/h6-8H,2-5,10H2,1H3,(H,24,25). The smallest absolute Gasteiger partial charge is 0.234 e. The molecule has 4 nitrogen and oxygen atoms in total. The molecule has 1 aliphatic rings. The van der Waals surface area contributed by atoms with Gasteiger partial charge < -0.3 is 5.32 Å². The van der Waals surface area contributed by atoms with Gasteiger partial charge in [0, 0.05) is 11.4 Å². The van der Waals surface area contributed by atoms with Crippen LogP contribution in [0.15, 0.2) is 23.2 Å². The quantitative estimate of drug-likeness (QED) is 0.711. The van der Waals surface area contributed by atoms with Gasteiger partial charge in [-0.3, -0.25) is 4.79 Å². The minimum atomic E-state index is -0.186. The highest BCUT2D eigenvalue weighted by molar-refractivity contribution is 8.00. The van der Waals surface area contributed by atoms with E-state index in [0.717, 1.165) is 36.9 Å². The fourth-order valence-corrected chi connectivity index (χ4v) is 4.26. The number of amides is 1. The van der Waals surface area contributed by atoms with Gasteiger partial charge in [0.05, 0.1) is 21.4 Å². The van der Waals surface area contributed by atoms with Gasteiger partial charge in [-0.15, -0.1) is 0 Å². The molecule has 0 saturated heterocycles. The molecule has 0 spiro atoms. The Morgan fingerprint density at radius 3 is 2.69 bits per heavy atom. The van der Waals surface area contributed by atoms with Crippen LogP contribution in [0, 0.1) is 18.3 Å². The zero-order valence-electron chi connectivity index (χ0n) is 14.2. The molecule has 0 bridgehead atoms. The van der Waals surface area contributed by atoms with E-state index in [9.17, 15) is 10.1 Å². The molecule has 0 radical (unpaired) electrons. The first kappa shape index (κ1) is 19.0. The molecule has 1 N–H and O–H groups in total. The van der Waals surface area contributed by atoms with Crippen molar-refractivity contribution in [3.05, 3.63) is 50.6 Å². The Hall–Kier alpha value is -1.74. The first-order valence-electron chi connectivity index (χ1n) is 8.29. The van der Waals surface area contributed by atoms with Crippen LogP contribution in [-0.2, 0) is 17.6 Å². The highest BCUT2D eigenvalue weighted by atomic mass is 35.5. The second kappa shape index (κ2) is 8.30. The summed E-state index contributed by atoms with van der Waals surface area (Å²) in [5.41, 5.74) is 4.49. The van der Waals surface area contributed by atoms with Crippen molar-refractivity contribution in [2.45, 2.75) is 37.6 Å². The fraction of sp³-hybridized carbons (Fsp3) is 0.316. The van der Waals surface area contributed by atoms with Crippen LogP contribution in [0.25, 0.3) is 0 Å². The average molecular weight is 406 g/mol. The van der Waals surface area contributed by atoms with Crippen LogP contribution in [0.4, 0.5) is 5.69 Å². The summed E-state index contributed by atoms with van der Waals surface area (Å²) in [7, 11) is 0. The number of thioether (sulfide) groups is 1. The SMILES string of the molecule is Cc1nc(SCC(=O)Nc2ccc(Cl)c(Cl)c2)c(C#N)c2c1CCCC2. The maximum absolute atomic E-state index is 12.2. The van der Waals surface area contributed by atoms with Gasteiger partial charge in [-0.1, -0.05) is 35.0 Å². The largest absolute Gasteiger partial charge is 0.325 e. The number of hydrogen-bond acceptors (Lipinski definition) is 4. The second-order valence-corrected chi connectivity index (χ2v) is 7.90. The number of carbonyl (C=O) groups is 1. The maximum Gasteiger partial charge on any atom is 0.234 e. The summed E-state index contributed by atoms with van der Waals surface area (Å²) in [5.74, 6) is -0.0189. The molecule has 1 aromatic heterocycles. The van der Waals surface area contributed by atoms with Gasteiger partial charge in [-0.25, -0.2) is 4.98 Å². The monoisotopic (exact) mass is 405 g/mol. The molecular weight excluding hydrogens is 389 g/mol. The number of halogens is 2. The molecule has 0 fully saturated rings. The number of pyridine rings is 1. The molecule has 2 aromatic rings. The lowest BCUT2D eigenvalue weighted by Crippen LogP contribution is -2.15. The van der Waals surface area contributed by atoms with Gasteiger partial charge in [-0.2, -0.15) is 5.26 Å². The van der Waals surface area contributed by atoms with Crippen LogP contribution in [0.2, 0.25) is 10.0 Å². The van der Waals surface area contributed by atoms with Gasteiger partial charge in [0.1, 0.15) is 11.1 Å². The summed E-state index contributed by atoms with van der Waals surface area (Å²) < 4.78 is 0. The molecule has 1 aromatic carbocycles. The highest BCUT2D eigenvalue weighted by Crippen LogP contribution is 2.32. The van der Waals surface area contributed by atoms with Crippen molar-refractivity contribution in [3.8, 4) is 6.07 Å². The predicted molar refractivity (Wildman–Crippen MR) is 106 cm³/mol. The van der Waals surface area contributed by atoms with Gasteiger partial charge in [-0.05, 0) is 61.9 Å². The van der Waals surface area contributed by atoms with Crippen LogP contribution in [-0.4, -0.2) is 16.6 Å². The summed E-state index contributed by atoms with van der Waals surface area (Å²) in [4.78, 5) is 16.8. The summed E-state index contributed by atoms with van der Waals surface area (Å²) >= 11 is 13.1. The van der Waals surface area contributed by atoms with E-state index in [1.54, 1.807) is 18.2 Å². The zero-order chi connectivity index (χ0) is 18.7. The normalized spacial score (nSPS) is 13.0. The molecule has 0 atom stereocenters.